The number of ether oxygens (including phenoxy) is 2. The molecule has 0 aromatic rings. The summed E-state index contributed by atoms with van der Waals surface area (Å²) < 4.78 is 10.0. The molecule has 0 spiro atoms. The van der Waals surface area contributed by atoms with Crippen LogP contribution in [0.15, 0.2) is 0 Å². The summed E-state index contributed by atoms with van der Waals surface area (Å²) in [6.07, 6.45) is 15.6. The summed E-state index contributed by atoms with van der Waals surface area (Å²) in [4.78, 5) is 28.2. The lowest BCUT2D eigenvalue weighted by molar-refractivity contribution is 0.0898. The molecule has 0 aromatic carbocycles. The maximum atomic E-state index is 12.1. The minimum atomic E-state index is -0.180. The lowest BCUT2D eigenvalue weighted by Crippen LogP contribution is -2.42. The molecule has 2 aliphatic rings. The van der Waals surface area contributed by atoms with Gasteiger partial charge in [-0.2, -0.15) is 0 Å². The number of amides is 2. The average Bonchev–Trinajstić information content (AvgIpc) is 2.76. The van der Waals surface area contributed by atoms with Crippen LogP contribution in [-0.2, 0) is 9.47 Å². The van der Waals surface area contributed by atoms with Gasteiger partial charge in [0, 0.05) is 25.2 Å². The molecule has 28 heavy (non-hydrogen) atoms. The van der Waals surface area contributed by atoms with Gasteiger partial charge in [-0.3, -0.25) is 0 Å². The molecule has 2 amide bonds. The van der Waals surface area contributed by atoms with Gasteiger partial charge >= 0.3 is 12.2 Å². The molecule has 2 fully saturated rings. The highest BCUT2D eigenvalue weighted by molar-refractivity contribution is 5.68. The zero-order valence-electron chi connectivity index (χ0n) is 18.0. The first-order chi connectivity index (χ1) is 13.7. The Morgan fingerprint density at radius 3 is 1.32 bits per heavy atom. The highest BCUT2D eigenvalue weighted by atomic mass is 16.5. The summed E-state index contributed by atoms with van der Waals surface area (Å²) in [7, 11) is 2.95. The summed E-state index contributed by atoms with van der Waals surface area (Å²) in [6, 6.07) is 0.699. The molecule has 0 heterocycles. The third-order valence-electron chi connectivity index (χ3n) is 6.40. The molecule has 0 unspecified atom stereocenters. The topological polar surface area (TPSA) is 59.1 Å². The first-order valence-corrected chi connectivity index (χ1v) is 11.4. The van der Waals surface area contributed by atoms with Crippen LogP contribution in [-0.4, -0.2) is 61.4 Å². The highest BCUT2D eigenvalue weighted by Crippen LogP contribution is 2.25. The van der Waals surface area contributed by atoms with Crippen molar-refractivity contribution in [3.05, 3.63) is 0 Å². The molecular formula is C22H40N2O4. The largest absolute Gasteiger partial charge is 0.453 e. The summed E-state index contributed by atoms with van der Waals surface area (Å²) in [5.41, 5.74) is 0. The van der Waals surface area contributed by atoms with Crippen molar-refractivity contribution in [3.63, 3.8) is 0 Å². The number of carbonyl (C=O) groups is 2. The van der Waals surface area contributed by atoms with Crippen LogP contribution in [0.2, 0.25) is 0 Å². The van der Waals surface area contributed by atoms with E-state index in [1.165, 1.54) is 52.7 Å². The van der Waals surface area contributed by atoms with E-state index in [0.717, 1.165) is 64.5 Å². The second kappa shape index (κ2) is 12.9. The number of nitrogens with zero attached hydrogens (tertiary/aromatic N) is 2. The lowest BCUT2D eigenvalue weighted by Gasteiger charge is -2.33. The predicted octanol–water partition coefficient (Wildman–Crippen LogP) is 5.35. The molecule has 2 aliphatic carbocycles. The summed E-state index contributed by atoms with van der Waals surface area (Å²) in [5, 5.41) is 0. The molecule has 162 valence electrons. The van der Waals surface area contributed by atoms with Crippen LogP contribution >= 0.6 is 0 Å². The predicted molar refractivity (Wildman–Crippen MR) is 110 cm³/mol. The quantitative estimate of drug-likeness (QED) is 0.493. The van der Waals surface area contributed by atoms with Gasteiger partial charge in [-0.05, 0) is 38.5 Å². The van der Waals surface area contributed by atoms with Crippen molar-refractivity contribution in [3.8, 4) is 0 Å². The molecule has 2 rings (SSSR count). The fourth-order valence-corrected chi connectivity index (χ4v) is 4.78. The van der Waals surface area contributed by atoms with E-state index in [1.54, 1.807) is 0 Å². The van der Waals surface area contributed by atoms with Crippen molar-refractivity contribution in [2.45, 2.75) is 102 Å². The molecule has 0 N–H and O–H groups in total. The van der Waals surface area contributed by atoms with Crippen LogP contribution < -0.4 is 0 Å². The SMILES string of the molecule is COC(=O)N(CCCCCCN(C(=O)OC)C1CCCCC1)C1CCCCC1. The van der Waals surface area contributed by atoms with E-state index in [-0.39, 0.29) is 12.2 Å². The molecule has 0 aliphatic heterocycles. The van der Waals surface area contributed by atoms with Crippen LogP contribution in [0.3, 0.4) is 0 Å². The third-order valence-corrected chi connectivity index (χ3v) is 6.40. The van der Waals surface area contributed by atoms with Gasteiger partial charge in [-0.25, -0.2) is 9.59 Å². The van der Waals surface area contributed by atoms with E-state index in [9.17, 15) is 9.59 Å². The van der Waals surface area contributed by atoms with Crippen LogP contribution in [0.4, 0.5) is 9.59 Å². The van der Waals surface area contributed by atoms with Crippen LogP contribution in [0.25, 0.3) is 0 Å². The van der Waals surface area contributed by atoms with Crippen molar-refractivity contribution in [2.75, 3.05) is 27.3 Å². The van der Waals surface area contributed by atoms with E-state index < -0.39 is 0 Å². The fraction of sp³-hybridized carbons (Fsp3) is 0.909. The smallest absolute Gasteiger partial charge is 0.409 e. The number of hydrogen-bond donors (Lipinski definition) is 0. The average molecular weight is 397 g/mol. The highest BCUT2D eigenvalue weighted by Gasteiger charge is 2.26. The van der Waals surface area contributed by atoms with Gasteiger partial charge in [0.05, 0.1) is 14.2 Å². The molecule has 6 heteroatoms. The van der Waals surface area contributed by atoms with Gasteiger partial charge in [0.15, 0.2) is 0 Å². The van der Waals surface area contributed by atoms with Crippen LogP contribution in [0, 0.1) is 0 Å². The van der Waals surface area contributed by atoms with Crippen molar-refractivity contribution in [1.82, 2.24) is 9.80 Å². The lowest BCUT2D eigenvalue weighted by atomic mass is 9.94. The monoisotopic (exact) mass is 396 g/mol. The Labute approximate surface area is 170 Å². The summed E-state index contributed by atoms with van der Waals surface area (Å²) in [6.45, 7) is 1.56. The Morgan fingerprint density at radius 2 is 1.00 bits per heavy atom. The van der Waals surface area contributed by atoms with Gasteiger partial charge < -0.3 is 19.3 Å². The van der Waals surface area contributed by atoms with Gasteiger partial charge in [0.1, 0.15) is 0 Å². The molecule has 0 aromatic heterocycles. The summed E-state index contributed by atoms with van der Waals surface area (Å²) >= 11 is 0. The maximum absolute atomic E-state index is 12.1. The second-order valence-electron chi connectivity index (χ2n) is 8.32. The summed E-state index contributed by atoms with van der Waals surface area (Å²) in [5.74, 6) is 0. The van der Waals surface area contributed by atoms with E-state index in [0.29, 0.717) is 12.1 Å². The minimum Gasteiger partial charge on any atom is -0.453 e. The molecule has 2 saturated carbocycles. The van der Waals surface area contributed by atoms with E-state index in [4.69, 9.17) is 9.47 Å². The van der Waals surface area contributed by atoms with Gasteiger partial charge in [-0.15, -0.1) is 0 Å². The van der Waals surface area contributed by atoms with Gasteiger partial charge in [0.2, 0.25) is 0 Å². The fourth-order valence-electron chi connectivity index (χ4n) is 4.78. The Kier molecular flexibility index (Phi) is 10.5. The zero-order valence-corrected chi connectivity index (χ0v) is 18.0. The Morgan fingerprint density at radius 1 is 0.643 bits per heavy atom. The van der Waals surface area contributed by atoms with Crippen molar-refractivity contribution >= 4 is 12.2 Å². The minimum absolute atomic E-state index is 0.180. The number of methoxy groups -OCH3 is 2. The maximum Gasteiger partial charge on any atom is 0.409 e. The molecule has 6 nitrogen and oxygen atoms in total. The number of carbonyl (C=O) groups excluding carboxylic acids is 2. The first-order valence-electron chi connectivity index (χ1n) is 11.4. The molecule has 0 atom stereocenters. The second-order valence-corrected chi connectivity index (χ2v) is 8.32. The molecular weight excluding hydrogens is 356 g/mol. The van der Waals surface area contributed by atoms with Gasteiger partial charge in [0.25, 0.3) is 0 Å². The Hall–Kier alpha value is -1.46. The normalized spacial score (nSPS) is 18.5. The first kappa shape index (κ1) is 22.8. The Balaban J connectivity index is 1.69. The van der Waals surface area contributed by atoms with Crippen molar-refractivity contribution in [2.24, 2.45) is 0 Å². The third kappa shape index (κ3) is 7.17. The van der Waals surface area contributed by atoms with Crippen molar-refractivity contribution < 1.29 is 19.1 Å². The standard InChI is InChI=1S/C22H40N2O4/c1-27-21(25)23(19-13-7-5-8-14-19)17-11-3-4-12-18-24(22(26)28-2)20-15-9-6-10-16-20/h19-20H,3-18H2,1-2H3. The van der Waals surface area contributed by atoms with E-state index >= 15 is 0 Å². The van der Waals surface area contributed by atoms with Crippen LogP contribution in [0.1, 0.15) is 89.9 Å². The molecule has 0 saturated heterocycles. The number of rotatable bonds is 9. The molecule has 0 radical (unpaired) electrons. The van der Waals surface area contributed by atoms with Crippen molar-refractivity contribution in [1.29, 1.82) is 0 Å². The zero-order chi connectivity index (χ0) is 20.2. The van der Waals surface area contributed by atoms with Gasteiger partial charge in [-0.1, -0.05) is 51.4 Å². The number of hydrogen-bond acceptors (Lipinski definition) is 4. The van der Waals surface area contributed by atoms with E-state index in [2.05, 4.69) is 0 Å². The number of unbranched alkanes of at least 4 members (excludes halogenated alkanes) is 3. The van der Waals surface area contributed by atoms with Crippen LogP contribution in [0.5, 0.6) is 0 Å². The molecule has 0 bridgehead atoms. The Bertz CT molecular complexity index is 417. The van der Waals surface area contributed by atoms with E-state index in [1.807, 2.05) is 9.80 Å².